The van der Waals surface area contributed by atoms with Crippen LogP contribution in [0.3, 0.4) is 0 Å². The first-order chi connectivity index (χ1) is 9.59. The minimum Gasteiger partial charge on any atom is -0.465 e. The van der Waals surface area contributed by atoms with Crippen molar-refractivity contribution in [2.45, 2.75) is 51.2 Å². The molecule has 108 valence electrons. The summed E-state index contributed by atoms with van der Waals surface area (Å²) in [6.07, 6.45) is 2.37. The summed E-state index contributed by atoms with van der Waals surface area (Å²) in [7, 11) is 0. The van der Waals surface area contributed by atoms with Crippen LogP contribution < -0.4 is 10.2 Å². The topological polar surface area (TPSA) is 52.6 Å². The van der Waals surface area contributed by atoms with Gasteiger partial charge in [-0.3, -0.25) is 4.90 Å². The molecule has 0 saturated heterocycles. The average molecular weight is 274 g/mol. The number of amides is 1. The summed E-state index contributed by atoms with van der Waals surface area (Å²) in [5.74, 6) is 0.392. The first-order valence-corrected chi connectivity index (χ1v) is 7.46. The van der Waals surface area contributed by atoms with Crippen LogP contribution in [0.15, 0.2) is 24.3 Å². The van der Waals surface area contributed by atoms with Gasteiger partial charge in [-0.15, -0.1) is 0 Å². The lowest BCUT2D eigenvalue weighted by Gasteiger charge is -2.43. The lowest BCUT2D eigenvalue weighted by molar-refractivity contribution is 0.191. The van der Waals surface area contributed by atoms with E-state index in [1.165, 1.54) is 0 Å². The zero-order chi connectivity index (χ0) is 14.3. The number of fused-ring (bicyclic) bond motifs is 2. The molecule has 1 fully saturated rings. The van der Waals surface area contributed by atoms with Crippen molar-refractivity contribution in [1.29, 1.82) is 0 Å². The lowest BCUT2D eigenvalue weighted by Crippen LogP contribution is -2.50. The third-order valence-corrected chi connectivity index (χ3v) is 4.54. The van der Waals surface area contributed by atoms with E-state index >= 15 is 0 Å². The van der Waals surface area contributed by atoms with Crippen LogP contribution in [0.25, 0.3) is 0 Å². The second-order valence-electron chi connectivity index (χ2n) is 6.17. The molecule has 1 saturated carbocycles. The molecule has 1 aliphatic carbocycles. The predicted molar refractivity (Wildman–Crippen MR) is 79.1 cm³/mol. The first-order valence-electron chi connectivity index (χ1n) is 7.46. The fourth-order valence-electron chi connectivity index (χ4n) is 3.88. The van der Waals surface area contributed by atoms with Gasteiger partial charge in [0, 0.05) is 18.1 Å². The number of nitrogens with zero attached hydrogens (tertiary/aromatic N) is 1. The minimum atomic E-state index is -0.822. The van der Waals surface area contributed by atoms with E-state index in [1.807, 2.05) is 18.2 Å². The van der Waals surface area contributed by atoms with Crippen LogP contribution in [0.2, 0.25) is 0 Å². The molecule has 1 aromatic carbocycles. The smallest absolute Gasteiger partial charge is 0.412 e. The van der Waals surface area contributed by atoms with Gasteiger partial charge in [0.05, 0.1) is 5.69 Å². The molecular formula is C16H22N2O2. The maximum Gasteiger partial charge on any atom is 0.412 e. The van der Waals surface area contributed by atoms with E-state index in [2.05, 4.69) is 25.2 Å². The van der Waals surface area contributed by atoms with Crippen molar-refractivity contribution in [2.75, 3.05) is 4.90 Å². The molecule has 0 aromatic heterocycles. The number of anilines is 1. The second-order valence-corrected chi connectivity index (χ2v) is 6.17. The van der Waals surface area contributed by atoms with Crippen molar-refractivity contribution in [1.82, 2.24) is 5.32 Å². The van der Waals surface area contributed by atoms with Crippen LogP contribution in [-0.2, 0) is 0 Å². The lowest BCUT2D eigenvalue weighted by atomic mass is 9.82. The Labute approximate surface area is 119 Å². The van der Waals surface area contributed by atoms with Crippen molar-refractivity contribution < 1.29 is 9.90 Å². The van der Waals surface area contributed by atoms with Crippen LogP contribution in [0, 0.1) is 5.92 Å². The molecule has 3 atom stereocenters. The van der Waals surface area contributed by atoms with Gasteiger partial charge in [-0.25, -0.2) is 4.79 Å². The Morgan fingerprint density at radius 1 is 1.35 bits per heavy atom. The van der Waals surface area contributed by atoms with Crippen LogP contribution in [-0.4, -0.2) is 23.3 Å². The van der Waals surface area contributed by atoms with Gasteiger partial charge in [0.25, 0.3) is 0 Å². The third kappa shape index (κ3) is 2.08. The van der Waals surface area contributed by atoms with E-state index in [1.54, 1.807) is 4.90 Å². The Hall–Kier alpha value is -1.55. The Morgan fingerprint density at radius 2 is 2.10 bits per heavy atom. The van der Waals surface area contributed by atoms with Gasteiger partial charge in [0.15, 0.2) is 0 Å². The number of nitrogens with one attached hydrogen (secondary N) is 1. The Kier molecular flexibility index (Phi) is 3.42. The average Bonchev–Trinajstić information content (AvgIpc) is 2.86. The number of hydrogen-bond donors (Lipinski definition) is 2. The van der Waals surface area contributed by atoms with Crippen LogP contribution in [0.4, 0.5) is 10.5 Å². The molecule has 2 N–H and O–H groups in total. The molecular weight excluding hydrogens is 252 g/mol. The van der Waals surface area contributed by atoms with E-state index in [0.717, 1.165) is 30.5 Å². The molecule has 0 unspecified atom stereocenters. The van der Waals surface area contributed by atoms with E-state index in [4.69, 9.17) is 0 Å². The van der Waals surface area contributed by atoms with Crippen molar-refractivity contribution in [3.8, 4) is 0 Å². The Bertz CT molecular complexity index is 515. The zero-order valence-electron chi connectivity index (χ0n) is 12.0. The summed E-state index contributed by atoms with van der Waals surface area (Å²) < 4.78 is 0. The van der Waals surface area contributed by atoms with E-state index in [-0.39, 0.29) is 12.1 Å². The van der Waals surface area contributed by atoms with Gasteiger partial charge in [0.2, 0.25) is 0 Å². The summed E-state index contributed by atoms with van der Waals surface area (Å²) in [6, 6.07) is 8.73. The van der Waals surface area contributed by atoms with Crippen LogP contribution in [0.1, 0.15) is 44.7 Å². The molecule has 4 heteroatoms. The number of carbonyl (C=O) groups is 1. The Morgan fingerprint density at radius 3 is 2.80 bits per heavy atom. The predicted octanol–water partition coefficient (Wildman–Crippen LogP) is 3.39. The molecule has 2 aliphatic rings. The van der Waals surface area contributed by atoms with Gasteiger partial charge < -0.3 is 10.4 Å². The molecule has 0 radical (unpaired) electrons. The van der Waals surface area contributed by atoms with Gasteiger partial charge >= 0.3 is 6.09 Å². The van der Waals surface area contributed by atoms with E-state index < -0.39 is 6.09 Å². The monoisotopic (exact) mass is 274 g/mol. The van der Waals surface area contributed by atoms with Crippen LogP contribution in [0.5, 0.6) is 0 Å². The van der Waals surface area contributed by atoms with Crippen molar-refractivity contribution in [3.05, 3.63) is 29.8 Å². The highest BCUT2D eigenvalue weighted by Gasteiger charge is 2.45. The molecule has 3 rings (SSSR count). The molecule has 4 nitrogen and oxygen atoms in total. The fraction of sp³-hybridized carbons (Fsp3) is 0.562. The highest BCUT2D eigenvalue weighted by Crippen LogP contribution is 2.47. The van der Waals surface area contributed by atoms with Crippen molar-refractivity contribution in [2.24, 2.45) is 5.92 Å². The second kappa shape index (κ2) is 5.09. The molecule has 20 heavy (non-hydrogen) atoms. The molecule has 1 aliphatic heterocycles. The largest absolute Gasteiger partial charge is 0.465 e. The van der Waals surface area contributed by atoms with Gasteiger partial charge in [-0.1, -0.05) is 38.5 Å². The van der Waals surface area contributed by atoms with E-state index in [0.29, 0.717) is 12.0 Å². The highest BCUT2D eigenvalue weighted by molar-refractivity contribution is 5.89. The normalized spacial score (nSPS) is 28.4. The Balaban J connectivity index is 2.08. The summed E-state index contributed by atoms with van der Waals surface area (Å²) in [6.45, 7) is 4.30. The zero-order valence-corrected chi connectivity index (χ0v) is 12.0. The summed E-state index contributed by atoms with van der Waals surface area (Å²) in [5.41, 5.74) is 1.99. The minimum absolute atomic E-state index is 0.124. The molecule has 0 bridgehead atoms. The van der Waals surface area contributed by atoms with E-state index in [9.17, 15) is 9.90 Å². The quantitative estimate of drug-likeness (QED) is 0.869. The maximum absolute atomic E-state index is 11.7. The maximum atomic E-state index is 11.7. The van der Waals surface area contributed by atoms with Gasteiger partial charge in [-0.2, -0.15) is 0 Å². The number of para-hydroxylation sites is 1. The first kappa shape index (κ1) is 13.4. The number of benzene rings is 1. The van der Waals surface area contributed by atoms with Crippen molar-refractivity contribution >= 4 is 11.8 Å². The molecule has 1 heterocycles. The van der Waals surface area contributed by atoms with Gasteiger partial charge in [-0.05, 0) is 30.4 Å². The number of hydrogen-bond acceptors (Lipinski definition) is 2. The molecule has 1 aromatic rings. The van der Waals surface area contributed by atoms with Crippen LogP contribution >= 0.6 is 0 Å². The number of carboxylic acid groups (broad SMARTS) is 1. The number of rotatable bonds is 2. The fourth-order valence-corrected chi connectivity index (χ4v) is 3.88. The summed E-state index contributed by atoms with van der Waals surface area (Å²) >= 11 is 0. The summed E-state index contributed by atoms with van der Waals surface area (Å²) in [4.78, 5) is 13.3. The molecule has 1 amide bonds. The highest BCUT2D eigenvalue weighted by atomic mass is 16.4. The van der Waals surface area contributed by atoms with Gasteiger partial charge in [0.1, 0.15) is 0 Å². The molecule has 0 spiro atoms. The third-order valence-electron chi connectivity index (χ3n) is 4.54. The van der Waals surface area contributed by atoms with Crippen molar-refractivity contribution in [3.63, 3.8) is 0 Å². The SMILES string of the molecule is CC(C)N[C@H]1c2ccccc2N(C(=O)O)[C@@H]2CCC[C@@H]21. The standard InChI is InChI=1S/C16H22N2O2/c1-10(2)17-15-11-6-3-4-8-13(11)18(16(19)20)14-9-5-7-12(14)15/h3-4,6,8,10,12,14-15,17H,5,7,9H2,1-2H3,(H,19,20)/t12-,14+,15-/m0/s1. The summed E-state index contributed by atoms with van der Waals surface area (Å²) in [5, 5.41) is 13.3.